The Kier molecular flexibility index (Phi) is 5.31. The Morgan fingerprint density at radius 3 is 2.50 bits per heavy atom. The van der Waals surface area contributed by atoms with E-state index in [2.05, 4.69) is 61.4 Å². The lowest BCUT2D eigenvalue weighted by Gasteiger charge is -2.20. The standard InChI is InChI=1S/C18H24N2/c1-4-11-19-17(18-15(3)6-5-12-20-18)13-16-9-7-14(2)8-10-16/h5-10,12,17,19H,4,11,13H2,1-3H3. The van der Waals surface area contributed by atoms with Crippen LogP contribution in [-0.4, -0.2) is 11.5 Å². The fraction of sp³-hybridized carbons (Fsp3) is 0.389. The van der Waals surface area contributed by atoms with Gasteiger partial charge in [-0.2, -0.15) is 0 Å². The lowest BCUT2D eigenvalue weighted by molar-refractivity contribution is 0.515. The number of nitrogens with zero attached hydrogens (tertiary/aromatic N) is 1. The first-order chi connectivity index (χ1) is 9.70. The molecule has 106 valence electrons. The molecule has 20 heavy (non-hydrogen) atoms. The van der Waals surface area contributed by atoms with E-state index >= 15 is 0 Å². The molecule has 2 rings (SSSR count). The monoisotopic (exact) mass is 268 g/mol. The smallest absolute Gasteiger partial charge is 0.0605 e. The van der Waals surface area contributed by atoms with Crippen LogP contribution in [0.3, 0.4) is 0 Å². The van der Waals surface area contributed by atoms with Crippen LogP contribution in [-0.2, 0) is 6.42 Å². The van der Waals surface area contributed by atoms with Crippen LogP contribution in [0.15, 0.2) is 42.6 Å². The van der Waals surface area contributed by atoms with E-state index in [4.69, 9.17) is 0 Å². The second kappa shape index (κ2) is 7.20. The Hall–Kier alpha value is -1.67. The number of pyridine rings is 1. The van der Waals surface area contributed by atoms with Crippen molar-refractivity contribution in [1.82, 2.24) is 10.3 Å². The Bertz CT molecular complexity index is 531. The van der Waals surface area contributed by atoms with Crippen molar-refractivity contribution in [3.8, 4) is 0 Å². The predicted molar refractivity (Wildman–Crippen MR) is 84.9 cm³/mol. The van der Waals surface area contributed by atoms with Gasteiger partial charge in [-0.05, 0) is 50.4 Å². The molecule has 0 aliphatic heterocycles. The van der Waals surface area contributed by atoms with Gasteiger partial charge >= 0.3 is 0 Å². The molecule has 1 atom stereocenters. The van der Waals surface area contributed by atoms with Gasteiger partial charge in [0.2, 0.25) is 0 Å². The second-order valence-corrected chi connectivity index (χ2v) is 5.40. The van der Waals surface area contributed by atoms with Crippen LogP contribution in [0.25, 0.3) is 0 Å². The van der Waals surface area contributed by atoms with Gasteiger partial charge in [-0.3, -0.25) is 4.98 Å². The highest BCUT2D eigenvalue weighted by Crippen LogP contribution is 2.20. The molecule has 0 radical (unpaired) electrons. The van der Waals surface area contributed by atoms with Crippen molar-refractivity contribution in [2.75, 3.05) is 6.54 Å². The zero-order chi connectivity index (χ0) is 14.4. The van der Waals surface area contributed by atoms with Gasteiger partial charge in [0.1, 0.15) is 0 Å². The van der Waals surface area contributed by atoms with Crippen LogP contribution >= 0.6 is 0 Å². The average molecular weight is 268 g/mol. The van der Waals surface area contributed by atoms with Crippen LogP contribution in [0.5, 0.6) is 0 Å². The van der Waals surface area contributed by atoms with E-state index in [-0.39, 0.29) is 0 Å². The minimum absolute atomic E-state index is 0.291. The lowest BCUT2D eigenvalue weighted by Crippen LogP contribution is -2.25. The van der Waals surface area contributed by atoms with Crippen LogP contribution in [0.2, 0.25) is 0 Å². The van der Waals surface area contributed by atoms with Crippen LogP contribution in [0.4, 0.5) is 0 Å². The molecule has 1 aromatic heterocycles. The van der Waals surface area contributed by atoms with Crippen LogP contribution in [0.1, 0.15) is 41.8 Å². The van der Waals surface area contributed by atoms with E-state index in [1.165, 1.54) is 22.4 Å². The van der Waals surface area contributed by atoms with Crippen molar-refractivity contribution >= 4 is 0 Å². The first-order valence-corrected chi connectivity index (χ1v) is 7.41. The van der Waals surface area contributed by atoms with E-state index in [0.717, 1.165) is 19.4 Å². The summed E-state index contributed by atoms with van der Waals surface area (Å²) < 4.78 is 0. The van der Waals surface area contributed by atoms with Gasteiger partial charge in [0, 0.05) is 6.20 Å². The number of hydrogen-bond donors (Lipinski definition) is 1. The van der Waals surface area contributed by atoms with Gasteiger partial charge in [0.25, 0.3) is 0 Å². The van der Waals surface area contributed by atoms with Gasteiger partial charge in [-0.25, -0.2) is 0 Å². The largest absolute Gasteiger partial charge is 0.308 e. The van der Waals surface area contributed by atoms with Crippen LogP contribution < -0.4 is 5.32 Å². The highest BCUT2D eigenvalue weighted by Gasteiger charge is 2.14. The van der Waals surface area contributed by atoms with E-state index < -0.39 is 0 Å². The molecule has 1 unspecified atom stereocenters. The molecule has 2 heteroatoms. The molecule has 0 spiro atoms. The number of aromatic nitrogens is 1. The molecule has 0 aliphatic rings. The highest BCUT2D eigenvalue weighted by molar-refractivity contribution is 5.26. The predicted octanol–water partition coefficient (Wildman–Crippen LogP) is 3.98. The molecule has 0 fully saturated rings. The number of hydrogen-bond acceptors (Lipinski definition) is 2. The number of aryl methyl sites for hydroxylation is 2. The zero-order valence-electron chi connectivity index (χ0n) is 12.7. The zero-order valence-corrected chi connectivity index (χ0v) is 12.7. The maximum Gasteiger partial charge on any atom is 0.0605 e. The van der Waals surface area contributed by atoms with Crippen molar-refractivity contribution < 1.29 is 0 Å². The summed E-state index contributed by atoms with van der Waals surface area (Å²) in [5.74, 6) is 0. The summed E-state index contributed by atoms with van der Waals surface area (Å²) in [6.07, 6.45) is 4.01. The second-order valence-electron chi connectivity index (χ2n) is 5.40. The lowest BCUT2D eigenvalue weighted by atomic mass is 9.99. The summed E-state index contributed by atoms with van der Waals surface area (Å²) in [6, 6.07) is 13.2. The molecule has 1 heterocycles. The minimum atomic E-state index is 0.291. The fourth-order valence-electron chi connectivity index (χ4n) is 2.41. The third-order valence-corrected chi connectivity index (χ3v) is 3.58. The van der Waals surface area contributed by atoms with E-state index in [1.807, 2.05) is 12.3 Å². The first-order valence-electron chi connectivity index (χ1n) is 7.41. The number of benzene rings is 1. The van der Waals surface area contributed by atoms with Crippen molar-refractivity contribution in [1.29, 1.82) is 0 Å². The molecule has 1 N–H and O–H groups in total. The fourth-order valence-corrected chi connectivity index (χ4v) is 2.41. The SMILES string of the molecule is CCCNC(Cc1ccc(C)cc1)c1ncccc1C. The van der Waals surface area contributed by atoms with E-state index in [0.29, 0.717) is 6.04 Å². The quantitative estimate of drug-likeness (QED) is 0.857. The summed E-state index contributed by atoms with van der Waals surface area (Å²) in [7, 11) is 0. The summed E-state index contributed by atoms with van der Waals surface area (Å²) in [6.45, 7) is 7.48. The summed E-state index contributed by atoms with van der Waals surface area (Å²) >= 11 is 0. The maximum atomic E-state index is 4.58. The van der Waals surface area contributed by atoms with Crippen molar-refractivity contribution in [3.05, 3.63) is 65.0 Å². The van der Waals surface area contributed by atoms with Gasteiger partial charge in [0.05, 0.1) is 11.7 Å². The normalized spacial score (nSPS) is 12.3. The topological polar surface area (TPSA) is 24.9 Å². The Balaban J connectivity index is 2.19. The van der Waals surface area contributed by atoms with Gasteiger partial charge in [-0.1, -0.05) is 42.8 Å². The van der Waals surface area contributed by atoms with Crippen LogP contribution in [0, 0.1) is 13.8 Å². The summed E-state index contributed by atoms with van der Waals surface area (Å²) in [4.78, 5) is 4.58. The van der Waals surface area contributed by atoms with Crippen molar-refractivity contribution in [2.45, 2.75) is 39.7 Å². The molecular weight excluding hydrogens is 244 g/mol. The number of nitrogens with one attached hydrogen (secondary N) is 1. The molecule has 0 amide bonds. The van der Waals surface area contributed by atoms with Crippen molar-refractivity contribution in [2.24, 2.45) is 0 Å². The summed E-state index contributed by atoms with van der Waals surface area (Å²) in [5.41, 5.74) is 5.09. The molecule has 0 saturated heterocycles. The Morgan fingerprint density at radius 1 is 1.10 bits per heavy atom. The first kappa shape index (κ1) is 14.7. The molecule has 0 aliphatic carbocycles. The van der Waals surface area contributed by atoms with Crippen molar-refractivity contribution in [3.63, 3.8) is 0 Å². The van der Waals surface area contributed by atoms with Gasteiger partial charge < -0.3 is 5.32 Å². The third-order valence-electron chi connectivity index (χ3n) is 3.58. The summed E-state index contributed by atoms with van der Waals surface area (Å²) in [5, 5.41) is 3.63. The molecule has 1 aromatic carbocycles. The average Bonchev–Trinajstić information content (AvgIpc) is 2.46. The van der Waals surface area contributed by atoms with E-state index in [1.54, 1.807) is 0 Å². The molecule has 2 aromatic rings. The Labute approximate surface area is 122 Å². The highest BCUT2D eigenvalue weighted by atomic mass is 14.9. The van der Waals surface area contributed by atoms with Gasteiger partial charge in [0.15, 0.2) is 0 Å². The molecular formula is C18H24N2. The third kappa shape index (κ3) is 3.91. The number of rotatable bonds is 6. The van der Waals surface area contributed by atoms with E-state index in [9.17, 15) is 0 Å². The molecule has 0 saturated carbocycles. The molecule has 2 nitrogen and oxygen atoms in total. The maximum absolute atomic E-state index is 4.58. The Morgan fingerprint density at radius 2 is 1.85 bits per heavy atom. The minimum Gasteiger partial charge on any atom is -0.308 e. The van der Waals surface area contributed by atoms with Gasteiger partial charge in [-0.15, -0.1) is 0 Å². The molecule has 0 bridgehead atoms.